The summed E-state index contributed by atoms with van der Waals surface area (Å²) >= 11 is 6.99. The predicted octanol–water partition coefficient (Wildman–Crippen LogP) is 4.29. The standard InChI is InChI=1S/C20H17ClF2N4O3S2/c21-13-2-1-3-15(10-13)32(29,30)27-8-6-12(7-9-27)19-25-26-20(31-19)18(28)24-17-5-4-14(22)11-16(17)23/h1-5,10-12H,6-9H2,(H,24,28). The SMILES string of the molecule is O=C(Nc1ccc(F)cc1F)c1nnc(C2CCN(S(=O)(=O)c3cccc(Cl)c3)CC2)s1. The number of piperidine rings is 1. The van der Waals surface area contributed by atoms with Crippen molar-refractivity contribution in [2.45, 2.75) is 23.7 Å². The van der Waals surface area contributed by atoms with Crippen LogP contribution in [0.2, 0.25) is 5.02 Å². The Bertz CT molecular complexity index is 1260. The molecule has 1 aliphatic heterocycles. The van der Waals surface area contributed by atoms with Crippen LogP contribution >= 0.6 is 22.9 Å². The quantitative estimate of drug-likeness (QED) is 0.566. The summed E-state index contributed by atoms with van der Waals surface area (Å²) in [6.45, 7) is 0.586. The van der Waals surface area contributed by atoms with Crippen LogP contribution in [0.15, 0.2) is 47.4 Å². The third-order valence-electron chi connectivity index (χ3n) is 5.05. The number of benzene rings is 2. The smallest absolute Gasteiger partial charge is 0.286 e. The number of anilines is 1. The van der Waals surface area contributed by atoms with Crippen molar-refractivity contribution in [3.05, 3.63) is 69.1 Å². The number of halogens is 3. The Hall–Kier alpha value is -2.47. The van der Waals surface area contributed by atoms with Crippen LogP contribution in [-0.2, 0) is 10.0 Å². The van der Waals surface area contributed by atoms with E-state index >= 15 is 0 Å². The molecule has 1 fully saturated rings. The molecular formula is C20H17ClF2N4O3S2. The fourth-order valence-corrected chi connectivity index (χ4v) is 6.06. The van der Waals surface area contributed by atoms with E-state index in [2.05, 4.69) is 15.5 Å². The molecule has 3 aromatic rings. The highest BCUT2D eigenvalue weighted by Crippen LogP contribution is 2.33. The Morgan fingerprint density at radius 2 is 1.88 bits per heavy atom. The first-order valence-electron chi connectivity index (χ1n) is 9.59. The van der Waals surface area contributed by atoms with Gasteiger partial charge in [0.05, 0.1) is 10.6 Å². The van der Waals surface area contributed by atoms with E-state index in [9.17, 15) is 22.0 Å². The van der Waals surface area contributed by atoms with Crippen LogP contribution in [-0.4, -0.2) is 41.9 Å². The normalized spacial score (nSPS) is 15.6. The number of nitrogens with one attached hydrogen (secondary N) is 1. The summed E-state index contributed by atoms with van der Waals surface area (Å²) < 4.78 is 53.8. The van der Waals surface area contributed by atoms with E-state index in [1.807, 2.05) is 0 Å². The average molecular weight is 499 g/mol. The molecule has 1 amide bonds. The molecule has 168 valence electrons. The van der Waals surface area contributed by atoms with Crippen molar-refractivity contribution in [3.8, 4) is 0 Å². The maximum Gasteiger partial charge on any atom is 0.286 e. The zero-order valence-corrected chi connectivity index (χ0v) is 18.9. The summed E-state index contributed by atoms with van der Waals surface area (Å²) in [5.41, 5.74) is -0.160. The monoisotopic (exact) mass is 498 g/mol. The highest BCUT2D eigenvalue weighted by molar-refractivity contribution is 7.89. The van der Waals surface area contributed by atoms with Crippen LogP contribution in [0.3, 0.4) is 0 Å². The molecule has 0 spiro atoms. The minimum atomic E-state index is -3.65. The molecular weight excluding hydrogens is 482 g/mol. The van der Waals surface area contributed by atoms with Crippen molar-refractivity contribution in [2.24, 2.45) is 0 Å². The first kappa shape index (κ1) is 22.7. The van der Waals surface area contributed by atoms with Crippen molar-refractivity contribution in [1.82, 2.24) is 14.5 Å². The first-order chi connectivity index (χ1) is 15.2. The molecule has 2 aromatic carbocycles. The summed E-state index contributed by atoms with van der Waals surface area (Å²) in [6.07, 6.45) is 1.03. The maximum absolute atomic E-state index is 13.8. The van der Waals surface area contributed by atoms with Gasteiger partial charge in [-0.15, -0.1) is 10.2 Å². The van der Waals surface area contributed by atoms with Crippen molar-refractivity contribution >= 4 is 44.6 Å². The fourth-order valence-electron chi connectivity index (χ4n) is 3.38. The Morgan fingerprint density at radius 1 is 1.12 bits per heavy atom. The van der Waals surface area contributed by atoms with Gasteiger partial charge >= 0.3 is 0 Å². The molecule has 0 aliphatic carbocycles. The van der Waals surface area contributed by atoms with Crippen LogP contribution in [0, 0.1) is 11.6 Å². The molecule has 0 saturated carbocycles. The number of amides is 1. The number of hydrogen-bond acceptors (Lipinski definition) is 6. The van der Waals surface area contributed by atoms with Gasteiger partial charge in [-0.3, -0.25) is 4.79 Å². The van der Waals surface area contributed by atoms with E-state index in [0.29, 0.717) is 42.0 Å². The molecule has 2 heterocycles. The van der Waals surface area contributed by atoms with Gasteiger partial charge in [-0.05, 0) is 43.2 Å². The summed E-state index contributed by atoms with van der Waals surface area (Å²) in [4.78, 5) is 12.5. The molecule has 0 atom stereocenters. The Balaban J connectivity index is 1.40. The predicted molar refractivity (Wildman–Crippen MR) is 116 cm³/mol. The van der Waals surface area contributed by atoms with E-state index in [-0.39, 0.29) is 21.5 Å². The van der Waals surface area contributed by atoms with Crippen molar-refractivity contribution in [2.75, 3.05) is 18.4 Å². The molecule has 32 heavy (non-hydrogen) atoms. The van der Waals surface area contributed by atoms with Crippen LogP contribution in [0.1, 0.15) is 33.6 Å². The molecule has 0 bridgehead atoms. The maximum atomic E-state index is 13.8. The molecule has 4 rings (SSSR count). The summed E-state index contributed by atoms with van der Waals surface area (Å²) in [5, 5.41) is 11.3. The van der Waals surface area contributed by atoms with E-state index in [1.54, 1.807) is 12.1 Å². The van der Waals surface area contributed by atoms with Gasteiger partial charge in [0, 0.05) is 30.1 Å². The largest absolute Gasteiger partial charge is 0.317 e. The van der Waals surface area contributed by atoms with Gasteiger partial charge in [-0.25, -0.2) is 17.2 Å². The summed E-state index contributed by atoms with van der Waals surface area (Å²) in [7, 11) is -3.65. The molecule has 1 aliphatic rings. The summed E-state index contributed by atoms with van der Waals surface area (Å²) in [5.74, 6) is -2.35. The number of nitrogens with zero attached hydrogens (tertiary/aromatic N) is 3. The number of rotatable bonds is 5. The second-order valence-electron chi connectivity index (χ2n) is 7.16. The fraction of sp³-hybridized carbons (Fsp3) is 0.250. The van der Waals surface area contributed by atoms with Crippen LogP contribution in [0.5, 0.6) is 0 Å². The van der Waals surface area contributed by atoms with Gasteiger partial charge in [0.25, 0.3) is 5.91 Å². The number of carbonyl (C=O) groups is 1. The van der Waals surface area contributed by atoms with Gasteiger partial charge in [0.1, 0.15) is 16.6 Å². The van der Waals surface area contributed by atoms with Crippen molar-refractivity contribution in [1.29, 1.82) is 0 Å². The molecule has 0 unspecified atom stereocenters. The number of sulfonamides is 1. The zero-order valence-electron chi connectivity index (χ0n) is 16.5. The van der Waals surface area contributed by atoms with Crippen LogP contribution < -0.4 is 5.32 Å². The third-order valence-corrected chi connectivity index (χ3v) is 8.27. The Morgan fingerprint density at radius 3 is 2.56 bits per heavy atom. The van der Waals surface area contributed by atoms with E-state index < -0.39 is 27.6 Å². The number of carbonyl (C=O) groups excluding carboxylic acids is 1. The average Bonchev–Trinajstić information content (AvgIpc) is 3.26. The van der Waals surface area contributed by atoms with Gasteiger partial charge in [-0.2, -0.15) is 4.31 Å². The first-order valence-corrected chi connectivity index (χ1v) is 12.2. The highest BCUT2D eigenvalue weighted by atomic mass is 35.5. The van der Waals surface area contributed by atoms with Gasteiger partial charge in [0.2, 0.25) is 15.0 Å². The Labute approximate surface area is 192 Å². The molecule has 0 radical (unpaired) electrons. The molecule has 1 N–H and O–H groups in total. The Kier molecular flexibility index (Phi) is 6.52. The second kappa shape index (κ2) is 9.18. The summed E-state index contributed by atoms with van der Waals surface area (Å²) in [6, 6.07) is 8.96. The third kappa shape index (κ3) is 4.80. The van der Waals surface area contributed by atoms with E-state index in [0.717, 1.165) is 23.5 Å². The van der Waals surface area contributed by atoms with Gasteiger partial charge in [0.15, 0.2) is 0 Å². The molecule has 1 saturated heterocycles. The zero-order chi connectivity index (χ0) is 22.9. The lowest BCUT2D eigenvalue weighted by atomic mass is 9.99. The van der Waals surface area contributed by atoms with E-state index in [1.165, 1.54) is 16.4 Å². The van der Waals surface area contributed by atoms with Crippen molar-refractivity contribution in [3.63, 3.8) is 0 Å². The highest BCUT2D eigenvalue weighted by Gasteiger charge is 2.32. The lowest BCUT2D eigenvalue weighted by Gasteiger charge is -2.30. The number of aromatic nitrogens is 2. The van der Waals surface area contributed by atoms with E-state index in [4.69, 9.17) is 11.6 Å². The topological polar surface area (TPSA) is 92.3 Å². The minimum absolute atomic E-state index is 0.0395. The van der Waals surface area contributed by atoms with Crippen LogP contribution in [0.4, 0.5) is 14.5 Å². The van der Waals surface area contributed by atoms with Gasteiger partial charge < -0.3 is 5.32 Å². The lowest BCUT2D eigenvalue weighted by Crippen LogP contribution is -2.37. The van der Waals surface area contributed by atoms with Crippen molar-refractivity contribution < 1.29 is 22.0 Å². The molecule has 7 nitrogen and oxygen atoms in total. The second-order valence-corrected chi connectivity index (χ2v) is 10.5. The molecule has 12 heteroatoms. The van der Waals surface area contributed by atoms with Crippen LogP contribution in [0.25, 0.3) is 0 Å². The molecule has 1 aromatic heterocycles. The number of hydrogen-bond donors (Lipinski definition) is 1. The van der Waals surface area contributed by atoms with Gasteiger partial charge in [-0.1, -0.05) is 29.0 Å². The minimum Gasteiger partial charge on any atom is -0.317 e. The lowest BCUT2D eigenvalue weighted by molar-refractivity contribution is 0.102.